The van der Waals surface area contributed by atoms with Crippen molar-refractivity contribution in [3.63, 3.8) is 0 Å². The summed E-state index contributed by atoms with van der Waals surface area (Å²) in [5.74, 6) is 0. The van der Waals surface area contributed by atoms with Crippen LogP contribution in [0.1, 0.15) is 154 Å². The lowest BCUT2D eigenvalue weighted by atomic mass is 10.1. The van der Waals surface area contributed by atoms with E-state index in [4.69, 9.17) is 0 Å². The molecule has 34 heavy (non-hydrogen) atoms. The fraction of sp³-hybridized carbons (Fsp3) is 1.00. The summed E-state index contributed by atoms with van der Waals surface area (Å²) >= 11 is 0. The van der Waals surface area contributed by atoms with E-state index in [-0.39, 0.29) is 0 Å². The molecule has 0 aliphatic carbocycles. The van der Waals surface area contributed by atoms with Gasteiger partial charge in [-0.25, -0.2) is 0 Å². The number of hydrogen-bond acceptors (Lipinski definition) is 0. The highest BCUT2D eigenvalue weighted by Gasteiger charge is 2.20. The van der Waals surface area contributed by atoms with Crippen LogP contribution in [0.4, 0.5) is 0 Å². The van der Waals surface area contributed by atoms with Gasteiger partial charge in [-0.1, -0.05) is 204 Å². The van der Waals surface area contributed by atoms with Gasteiger partial charge in [0.25, 0.3) is 0 Å². The molecular formula is C32H68Si2. The zero-order chi connectivity index (χ0) is 24.8. The summed E-state index contributed by atoms with van der Waals surface area (Å²) in [5, 5.41) is 0. The van der Waals surface area contributed by atoms with Crippen molar-refractivity contribution >= 4 is 16.1 Å². The third-order valence-corrected chi connectivity index (χ3v) is 15.7. The van der Waals surface area contributed by atoms with Crippen LogP contribution in [-0.4, -0.2) is 16.1 Å². The van der Waals surface area contributed by atoms with Gasteiger partial charge in [-0.05, 0) is 0 Å². The van der Waals surface area contributed by atoms with E-state index >= 15 is 0 Å². The van der Waals surface area contributed by atoms with Gasteiger partial charge in [-0.15, -0.1) is 0 Å². The second-order valence-corrected chi connectivity index (χ2v) is 24.5. The van der Waals surface area contributed by atoms with Gasteiger partial charge in [0.2, 0.25) is 0 Å². The topological polar surface area (TPSA) is 0 Å². The first-order valence-electron chi connectivity index (χ1n) is 16.4. The summed E-state index contributed by atoms with van der Waals surface area (Å²) in [6.45, 7) is 10.7. The molecule has 1 rings (SSSR count). The van der Waals surface area contributed by atoms with Crippen LogP contribution in [0.3, 0.4) is 0 Å². The molecule has 1 fully saturated rings. The van der Waals surface area contributed by atoms with E-state index in [9.17, 15) is 0 Å². The first kappa shape index (κ1) is 32.5. The summed E-state index contributed by atoms with van der Waals surface area (Å²) in [6, 6.07) is 6.36. The van der Waals surface area contributed by atoms with E-state index in [1.165, 1.54) is 154 Å². The minimum Gasteiger partial charge on any atom is -0.0693 e. The minimum absolute atomic E-state index is 0.903. The number of rotatable bonds is 0. The van der Waals surface area contributed by atoms with Crippen LogP contribution in [0, 0.1) is 0 Å². The maximum absolute atomic E-state index is 2.67. The molecule has 204 valence electrons. The standard InChI is InChI=1S/C32H68Si2/c1-33(2)29-25-21-17-13-9-5-7-11-15-19-23-27-31-34(3,4)32-28-24-20-16-12-8-6-10-14-18-22-26-30-33/h5-32H2,1-4H3. The van der Waals surface area contributed by atoms with Gasteiger partial charge in [-0.2, -0.15) is 0 Å². The highest BCUT2D eigenvalue weighted by molar-refractivity contribution is 6.77. The molecule has 0 N–H and O–H groups in total. The molecule has 0 atom stereocenters. The van der Waals surface area contributed by atoms with Crippen LogP contribution < -0.4 is 0 Å². The lowest BCUT2D eigenvalue weighted by Crippen LogP contribution is -2.24. The SMILES string of the molecule is C[Si]1(C)CCCCCCCCCCCCCC[Si](C)(C)CCCCCCCCCCCCCC1. The average molecular weight is 509 g/mol. The van der Waals surface area contributed by atoms with Crippen molar-refractivity contribution in [2.75, 3.05) is 0 Å². The molecule has 1 aliphatic heterocycles. The van der Waals surface area contributed by atoms with Crippen molar-refractivity contribution in [2.24, 2.45) is 0 Å². The van der Waals surface area contributed by atoms with Gasteiger partial charge in [0.15, 0.2) is 0 Å². The molecule has 0 aromatic carbocycles. The van der Waals surface area contributed by atoms with Crippen LogP contribution in [-0.2, 0) is 0 Å². The van der Waals surface area contributed by atoms with Gasteiger partial charge in [0.05, 0.1) is 0 Å². The quantitative estimate of drug-likeness (QED) is 0.285. The molecular weight excluding hydrogens is 441 g/mol. The minimum atomic E-state index is -0.903. The van der Waals surface area contributed by atoms with E-state index in [2.05, 4.69) is 26.2 Å². The Morgan fingerprint density at radius 2 is 0.324 bits per heavy atom. The zero-order valence-corrected chi connectivity index (χ0v) is 26.8. The molecule has 1 heterocycles. The molecule has 1 aliphatic rings. The van der Waals surface area contributed by atoms with Gasteiger partial charge in [0, 0.05) is 16.1 Å². The first-order chi connectivity index (χ1) is 16.4. The van der Waals surface area contributed by atoms with Crippen molar-refractivity contribution < 1.29 is 0 Å². The van der Waals surface area contributed by atoms with Crippen LogP contribution in [0.25, 0.3) is 0 Å². The van der Waals surface area contributed by atoms with E-state index in [0.717, 1.165) is 0 Å². The first-order valence-corrected chi connectivity index (χ1v) is 23.2. The van der Waals surface area contributed by atoms with Crippen molar-refractivity contribution in [1.82, 2.24) is 0 Å². The second-order valence-electron chi connectivity index (χ2n) is 13.8. The van der Waals surface area contributed by atoms with Crippen LogP contribution in [0.5, 0.6) is 0 Å². The van der Waals surface area contributed by atoms with E-state index in [1.54, 1.807) is 24.2 Å². The average Bonchev–Trinajstić information content (AvgIpc) is 2.78. The third-order valence-electron chi connectivity index (χ3n) is 8.91. The van der Waals surface area contributed by atoms with Crippen molar-refractivity contribution in [3.8, 4) is 0 Å². The van der Waals surface area contributed by atoms with E-state index < -0.39 is 16.1 Å². The summed E-state index contributed by atoms with van der Waals surface area (Å²) < 4.78 is 0. The normalized spacial score (nSPS) is 25.8. The number of hydrogen-bond donors (Lipinski definition) is 0. The Morgan fingerprint density at radius 3 is 0.471 bits per heavy atom. The molecule has 0 nitrogen and oxygen atoms in total. The predicted octanol–water partition coefficient (Wildman–Crippen LogP) is 12.8. The van der Waals surface area contributed by atoms with Crippen LogP contribution >= 0.6 is 0 Å². The Balaban J connectivity index is 2.22. The fourth-order valence-corrected chi connectivity index (χ4v) is 11.5. The fourth-order valence-electron chi connectivity index (χ4n) is 6.20. The van der Waals surface area contributed by atoms with Crippen molar-refractivity contribution in [3.05, 3.63) is 0 Å². The van der Waals surface area contributed by atoms with Gasteiger partial charge in [-0.3, -0.25) is 0 Å². The van der Waals surface area contributed by atoms with Gasteiger partial charge < -0.3 is 0 Å². The third kappa shape index (κ3) is 21.7. The maximum atomic E-state index is 2.67. The summed E-state index contributed by atoms with van der Waals surface area (Å²) in [4.78, 5) is 0. The summed E-state index contributed by atoms with van der Waals surface area (Å²) in [5.41, 5.74) is 0. The highest BCUT2D eigenvalue weighted by Crippen LogP contribution is 2.25. The highest BCUT2D eigenvalue weighted by atomic mass is 28.3. The smallest absolute Gasteiger partial charge is 0.0473 e. The van der Waals surface area contributed by atoms with Crippen LogP contribution in [0.2, 0.25) is 50.4 Å². The zero-order valence-electron chi connectivity index (χ0n) is 24.8. The largest absolute Gasteiger partial charge is 0.0693 e. The Labute approximate surface area is 220 Å². The predicted molar refractivity (Wildman–Crippen MR) is 165 cm³/mol. The van der Waals surface area contributed by atoms with E-state index in [1.807, 2.05) is 0 Å². The molecule has 0 radical (unpaired) electrons. The summed E-state index contributed by atoms with van der Waals surface area (Å²) in [7, 11) is -1.81. The second kappa shape index (κ2) is 21.5. The Morgan fingerprint density at radius 1 is 0.206 bits per heavy atom. The molecule has 0 aromatic rings. The molecule has 1 saturated heterocycles. The molecule has 0 amide bonds. The Hall–Kier alpha value is 0.434. The Bertz CT molecular complexity index is 353. The Kier molecular flexibility index (Phi) is 20.5. The van der Waals surface area contributed by atoms with Gasteiger partial charge in [0.1, 0.15) is 0 Å². The maximum Gasteiger partial charge on any atom is 0.0473 e. The van der Waals surface area contributed by atoms with Crippen molar-refractivity contribution in [1.29, 1.82) is 0 Å². The molecule has 0 bridgehead atoms. The molecule has 0 spiro atoms. The summed E-state index contributed by atoms with van der Waals surface area (Å²) in [6.07, 6.45) is 36.2. The molecule has 2 heteroatoms. The van der Waals surface area contributed by atoms with E-state index in [0.29, 0.717) is 0 Å². The molecule has 0 saturated carbocycles. The monoisotopic (exact) mass is 508 g/mol. The lowest BCUT2D eigenvalue weighted by molar-refractivity contribution is 0.544. The van der Waals surface area contributed by atoms with Crippen LogP contribution in [0.15, 0.2) is 0 Å². The lowest BCUT2D eigenvalue weighted by Gasteiger charge is -2.22. The molecule has 0 unspecified atom stereocenters. The van der Waals surface area contributed by atoms with Crippen molar-refractivity contribution in [2.45, 2.75) is 204 Å². The van der Waals surface area contributed by atoms with Gasteiger partial charge >= 0.3 is 0 Å². The molecule has 0 aromatic heterocycles.